The van der Waals surface area contributed by atoms with Crippen LogP contribution in [-0.2, 0) is 6.54 Å². The lowest BCUT2D eigenvalue weighted by atomic mass is 9.80. The van der Waals surface area contributed by atoms with Gasteiger partial charge in [0.15, 0.2) is 17.5 Å². The molecular formula is C15H24IN3O3. The van der Waals surface area contributed by atoms with E-state index in [-0.39, 0.29) is 24.0 Å². The van der Waals surface area contributed by atoms with Gasteiger partial charge in [0.05, 0.1) is 26.4 Å². The first-order valence-electron chi connectivity index (χ1n) is 7.03. The van der Waals surface area contributed by atoms with Gasteiger partial charge in [0.25, 0.3) is 0 Å². The summed E-state index contributed by atoms with van der Waals surface area (Å²) in [7, 11) is 3.20. The number of nitrogens with zero attached hydrogens (tertiary/aromatic N) is 1. The van der Waals surface area contributed by atoms with Crippen molar-refractivity contribution in [3.8, 4) is 11.5 Å². The Morgan fingerprint density at radius 3 is 2.55 bits per heavy atom. The highest BCUT2D eigenvalue weighted by Gasteiger charge is 2.34. The molecule has 0 saturated heterocycles. The minimum absolute atomic E-state index is 0. The first-order valence-corrected chi connectivity index (χ1v) is 7.03. The number of aliphatic hydroxyl groups is 1. The molecule has 1 aliphatic carbocycles. The van der Waals surface area contributed by atoms with Crippen molar-refractivity contribution in [2.75, 3.05) is 20.8 Å². The molecule has 0 unspecified atom stereocenters. The Bertz CT molecular complexity index is 519. The first kappa shape index (κ1) is 18.8. The second-order valence-corrected chi connectivity index (χ2v) is 5.32. The number of halogens is 1. The highest BCUT2D eigenvalue weighted by molar-refractivity contribution is 14.0. The molecule has 0 bridgehead atoms. The predicted octanol–water partition coefficient (Wildman–Crippen LogP) is 1.64. The van der Waals surface area contributed by atoms with Crippen LogP contribution in [-0.4, -0.2) is 37.4 Å². The smallest absolute Gasteiger partial charge is 0.189 e. The van der Waals surface area contributed by atoms with Crippen LogP contribution in [0.5, 0.6) is 11.5 Å². The van der Waals surface area contributed by atoms with Gasteiger partial charge in [0.1, 0.15) is 0 Å². The van der Waals surface area contributed by atoms with Crippen LogP contribution in [0.15, 0.2) is 23.2 Å². The maximum atomic E-state index is 9.97. The number of aliphatic imine (C=N–C) groups is 1. The summed E-state index contributed by atoms with van der Waals surface area (Å²) in [5.41, 5.74) is 6.17. The summed E-state index contributed by atoms with van der Waals surface area (Å²) in [6, 6.07) is 5.62. The van der Waals surface area contributed by atoms with Gasteiger partial charge < -0.3 is 25.6 Å². The molecule has 1 saturated carbocycles. The molecule has 0 atom stereocenters. The molecule has 0 amide bonds. The van der Waals surface area contributed by atoms with Crippen molar-refractivity contribution in [1.82, 2.24) is 5.32 Å². The molecule has 0 spiro atoms. The molecule has 1 aliphatic rings. The molecule has 1 fully saturated rings. The Balaban J connectivity index is 0.00000242. The van der Waals surface area contributed by atoms with E-state index in [1.807, 2.05) is 18.2 Å². The number of methoxy groups -OCH3 is 2. The summed E-state index contributed by atoms with van der Waals surface area (Å²) < 4.78 is 10.4. The fourth-order valence-corrected chi connectivity index (χ4v) is 2.23. The van der Waals surface area contributed by atoms with Crippen LogP contribution in [0.4, 0.5) is 0 Å². The number of nitrogens with two attached hydrogens (primary N) is 1. The highest BCUT2D eigenvalue weighted by atomic mass is 127. The van der Waals surface area contributed by atoms with Crippen molar-refractivity contribution in [3.63, 3.8) is 0 Å². The van der Waals surface area contributed by atoms with Crippen molar-refractivity contribution in [1.29, 1.82) is 0 Å². The molecule has 1 aromatic carbocycles. The van der Waals surface area contributed by atoms with Crippen LogP contribution in [0, 0.1) is 0 Å². The second-order valence-electron chi connectivity index (χ2n) is 5.32. The number of ether oxygens (including phenoxy) is 2. The van der Waals surface area contributed by atoms with E-state index in [4.69, 9.17) is 15.2 Å². The van der Waals surface area contributed by atoms with E-state index < -0.39 is 5.60 Å². The van der Waals surface area contributed by atoms with E-state index in [2.05, 4.69) is 10.3 Å². The number of hydrogen-bond acceptors (Lipinski definition) is 4. The summed E-state index contributed by atoms with van der Waals surface area (Å²) in [6.07, 6.45) is 2.72. The Hall–Kier alpha value is -1.22. The largest absolute Gasteiger partial charge is 0.493 e. The maximum absolute atomic E-state index is 9.97. The average Bonchev–Trinajstić information content (AvgIpc) is 2.48. The second kappa shape index (κ2) is 8.42. The van der Waals surface area contributed by atoms with Crippen LogP contribution in [0.2, 0.25) is 0 Å². The molecule has 22 heavy (non-hydrogen) atoms. The molecule has 0 radical (unpaired) electrons. The molecule has 2 rings (SSSR count). The van der Waals surface area contributed by atoms with E-state index in [1.165, 1.54) is 0 Å². The molecule has 4 N–H and O–H groups in total. The fourth-order valence-electron chi connectivity index (χ4n) is 2.23. The summed E-state index contributed by atoms with van der Waals surface area (Å²) in [5, 5.41) is 12.9. The van der Waals surface area contributed by atoms with E-state index in [0.717, 1.165) is 24.8 Å². The Kier molecular flexibility index (Phi) is 7.21. The topological polar surface area (TPSA) is 89.1 Å². The maximum Gasteiger partial charge on any atom is 0.189 e. The van der Waals surface area contributed by atoms with Crippen LogP contribution in [0.1, 0.15) is 24.8 Å². The Labute approximate surface area is 148 Å². The van der Waals surface area contributed by atoms with E-state index in [1.54, 1.807) is 14.2 Å². The fraction of sp³-hybridized carbons (Fsp3) is 0.533. The minimum Gasteiger partial charge on any atom is -0.493 e. The van der Waals surface area contributed by atoms with Crippen LogP contribution in [0.3, 0.4) is 0 Å². The van der Waals surface area contributed by atoms with E-state index >= 15 is 0 Å². The van der Waals surface area contributed by atoms with E-state index in [0.29, 0.717) is 30.5 Å². The van der Waals surface area contributed by atoms with Gasteiger partial charge in [-0.2, -0.15) is 0 Å². The monoisotopic (exact) mass is 421 g/mol. The van der Waals surface area contributed by atoms with Gasteiger partial charge in [-0.1, -0.05) is 6.07 Å². The molecule has 0 heterocycles. The number of nitrogens with one attached hydrogen (secondary N) is 1. The third-order valence-electron chi connectivity index (χ3n) is 3.76. The molecule has 1 aromatic rings. The number of guanidine groups is 1. The van der Waals surface area contributed by atoms with E-state index in [9.17, 15) is 5.11 Å². The Morgan fingerprint density at radius 1 is 1.32 bits per heavy atom. The van der Waals surface area contributed by atoms with Crippen LogP contribution in [0.25, 0.3) is 0 Å². The standard InChI is InChI=1S/C15H23N3O3.HI/c1-20-12-5-4-11(8-13(12)21-2)9-17-14(16)18-10-15(19)6-3-7-15;/h4-5,8,19H,3,6-7,9-10H2,1-2H3,(H3,16,17,18);1H. The van der Waals surface area contributed by atoms with Crippen LogP contribution >= 0.6 is 24.0 Å². The molecule has 124 valence electrons. The van der Waals surface area contributed by atoms with Gasteiger partial charge in [0.2, 0.25) is 0 Å². The van der Waals surface area contributed by atoms with Crippen molar-refractivity contribution >= 4 is 29.9 Å². The van der Waals surface area contributed by atoms with Gasteiger partial charge in [-0.25, -0.2) is 4.99 Å². The molecule has 0 aliphatic heterocycles. The van der Waals surface area contributed by atoms with Gasteiger partial charge >= 0.3 is 0 Å². The van der Waals surface area contributed by atoms with Gasteiger partial charge in [0, 0.05) is 6.54 Å². The van der Waals surface area contributed by atoms with Gasteiger partial charge in [-0.05, 0) is 37.0 Å². The van der Waals surface area contributed by atoms with Crippen molar-refractivity contribution in [2.45, 2.75) is 31.4 Å². The quantitative estimate of drug-likeness (QED) is 0.369. The van der Waals surface area contributed by atoms with Gasteiger partial charge in [-0.3, -0.25) is 0 Å². The molecular weight excluding hydrogens is 397 g/mol. The van der Waals surface area contributed by atoms with Crippen molar-refractivity contribution in [2.24, 2.45) is 10.7 Å². The van der Waals surface area contributed by atoms with Gasteiger partial charge in [-0.15, -0.1) is 24.0 Å². The third-order valence-corrected chi connectivity index (χ3v) is 3.76. The molecule has 7 heteroatoms. The van der Waals surface area contributed by atoms with Crippen LogP contribution < -0.4 is 20.5 Å². The number of rotatable bonds is 6. The minimum atomic E-state index is -0.608. The first-order chi connectivity index (χ1) is 10.1. The summed E-state index contributed by atoms with van der Waals surface area (Å²) in [4.78, 5) is 4.26. The average molecular weight is 421 g/mol. The lowest BCUT2D eigenvalue weighted by Crippen LogP contribution is -2.49. The van der Waals surface area contributed by atoms with Crippen molar-refractivity contribution in [3.05, 3.63) is 23.8 Å². The SMILES string of the molecule is COc1ccc(CN=C(N)NCC2(O)CCC2)cc1OC.I. The highest BCUT2D eigenvalue weighted by Crippen LogP contribution is 2.30. The molecule has 0 aromatic heterocycles. The lowest BCUT2D eigenvalue weighted by molar-refractivity contribution is -0.0278. The number of benzene rings is 1. The van der Waals surface area contributed by atoms with Crippen molar-refractivity contribution < 1.29 is 14.6 Å². The zero-order valence-corrected chi connectivity index (χ0v) is 15.3. The predicted molar refractivity (Wildman–Crippen MR) is 97.1 cm³/mol. The zero-order chi connectivity index (χ0) is 15.3. The Morgan fingerprint density at radius 2 is 2.00 bits per heavy atom. The zero-order valence-electron chi connectivity index (χ0n) is 13.0. The summed E-state index contributed by atoms with van der Waals surface area (Å²) >= 11 is 0. The third kappa shape index (κ3) is 4.91. The number of hydrogen-bond donors (Lipinski definition) is 3. The summed E-state index contributed by atoms with van der Waals surface area (Å²) in [6.45, 7) is 0.895. The normalized spacial score (nSPS) is 16.2. The summed E-state index contributed by atoms with van der Waals surface area (Å²) in [5.74, 6) is 1.69. The lowest BCUT2D eigenvalue weighted by Gasteiger charge is -2.36. The molecule has 6 nitrogen and oxygen atoms in total.